The molecule has 0 saturated heterocycles. The topological polar surface area (TPSA) is 41.1 Å². The Kier molecular flexibility index (Phi) is 5.51. The van der Waals surface area contributed by atoms with Crippen LogP contribution in [-0.2, 0) is 6.54 Å². The summed E-state index contributed by atoms with van der Waals surface area (Å²) in [5, 5.41) is 5.09. The van der Waals surface area contributed by atoms with Gasteiger partial charge in [0, 0.05) is 16.7 Å². The Bertz CT molecular complexity index is 371. The summed E-state index contributed by atoms with van der Waals surface area (Å²) in [5.74, 6) is 0. The van der Waals surface area contributed by atoms with Crippen LogP contribution in [0.1, 0.15) is 11.1 Å². The van der Waals surface area contributed by atoms with Gasteiger partial charge in [-0.1, -0.05) is 18.2 Å². The molecule has 0 heterocycles. The lowest BCUT2D eigenvalue weighted by Gasteiger charge is -2.09. The van der Waals surface area contributed by atoms with Crippen LogP contribution in [0.2, 0.25) is 0 Å². The number of nitrogens with one attached hydrogen (secondary N) is 2. The zero-order valence-electron chi connectivity index (χ0n) is 9.02. The largest absolute Gasteiger partial charge is 0.336 e. The molecule has 5 heteroatoms. The molecule has 1 rings (SSSR count). The fraction of sp³-hybridized carbons (Fsp3) is 0.364. The number of alkyl halides is 1. The van der Waals surface area contributed by atoms with Gasteiger partial charge in [-0.2, -0.15) is 0 Å². The van der Waals surface area contributed by atoms with Crippen LogP contribution in [-0.4, -0.2) is 19.3 Å². The van der Waals surface area contributed by atoms with Crippen LogP contribution in [0.15, 0.2) is 18.2 Å². The van der Waals surface area contributed by atoms with Crippen molar-refractivity contribution in [3.8, 4) is 0 Å². The third-order valence-electron chi connectivity index (χ3n) is 2.09. The lowest BCUT2D eigenvalue weighted by atomic mass is 10.1. The summed E-state index contributed by atoms with van der Waals surface area (Å²) in [4.78, 5) is 11.2. The van der Waals surface area contributed by atoms with Gasteiger partial charge in [0.15, 0.2) is 0 Å². The van der Waals surface area contributed by atoms with Gasteiger partial charge < -0.3 is 10.6 Å². The number of aryl methyl sites for hydroxylation is 1. The minimum atomic E-state index is -0.546. The number of rotatable bonds is 4. The van der Waals surface area contributed by atoms with Crippen LogP contribution in [0.3, 0.4) is 0 Å². The van der Waals surface area contributed by atoms with Gasteiger partial charge >= 0.3 is 6.03 Å². The summed E-state index contributed by atoms with van der Waals surface area (Å²) in [6, 6.07) is 5.60. The van der Waals surface area contributed by atoms with Gasteiger partial charge in [0.2, 0.25) is 0 Å². The van der Waals surface area contributed by atoms with Crippen molar-refractivity contribution in [2.75, 3.05) is 13.2 Å². The van der Waals surface area contributed by atoms with Crippen LogP contribution in [0.25, 0.3) is 0 Å². The van der Waals surface area contributed by atoms with E-state index in [4.69, 9.17) is 0 Å². The maximum absolute atomic E-state index is 11.8. The molecule has 0 bridgehead atoms. The number of amides is 2. The molecule has 0 aromatic heterocycles. The highest BCUT2D eigenvalue weighted by molar-refractivity contribution is 14.1. The molecule has 0 aliphatic rings. The fourth-order valence-corrected chi connectivity index (χ4v) is 1.79. The number of benzene rings is 1. The first-order valence-corrected chi connectivity index (χ1v) is 6.04. The number of carbonyl (C=O) groups excluding carboxylic acids is 1. The lowest BCUT2D eigenvalue weighted by Crippen LogP contribution is -2.36. The lowest BCUT2D eigenvalue weighted by molar-refractivity contribution is 0.239. The molecule has 88 valence electrons. The second-order valence-electron chi connectivity index (χ2n) is 3.35. The zero-order chi connectivity index (χ0) is 12.0. The summed E-state index contributed by atoms with van der Waals surface area (Å²) in [6.45, 7) is 1.98. The van der Waals surface area contributed by atoms with E-state index < -0.39 is 6.67 Å². The third kappa shape index (κ3) is 3.96. The second-order valence-corrected chi connectivity index (χ2v) is 4.43. The molecule has 2 N–H and O–H groups in total. The van der Waals surface area contributed by atoms with E-state index >= 15 is 0 Å². The van der Waals surface area contributed by atoms with E-state index in [-0.39, 0.29) is 12.6 Å². The van der Waals surface area contributed by atoms with Gasteiger partial charge in [0.25, 0.3) is 0 Å². The average molecular weight is 336 g/mol. The number of hydrogen-bond acceptors (Lipinski definition) is 1. The number of urea groups is 1. The van der Waals surface area contributed by atoms with Gasteiger partial charge in [-0.3, -0.25) is 0 Å². The van der Waals surface area contributed by atoms with Gasteiger partial charge in [0.05, 0.1) is 0 Å². The SMILES string of the molecule is Cc1cccc(CNC(=O)NCCF)c1I. The molecule has 0 spiro atoms. The van der Waals surface area contributed by atoms with E-state index in [0.29, 0.717) is 6.54 Å². The summed E-state index contributed by atoms with van der Waals surface area (Å²) < 4.78 is 12.9. The quantitative estimate of drug-likeness (QED) is 0.815. The zero-order valence-corrected chi connectivity index (χ0v) is 11.2. The third-order valence-corrected chi connectivity index (χ3v) is 3.63. The van der Waals surface area contributed by atoms with Crippen molar-refractivity contribution in [1.29, 1.82) is 0 Å². The summed E-state index contributed by atoms with van der Waals surface area (Å²) in [5.41, 5.74) is 2.25. The Morgan fingerprint density at radius 1 is 1.44 bits per heavy atom. The van der Waals surface area contributed by atoms with E-state index in [1.807, 2.05) is 25.1 Å². The number of carbonyl (C=O) groups is 1. The molecule has 0 atom stereocenters. The van der Waals surface area contributed by atoms with Gasteiger partial charge in [-0.05, 0) is 40.6 Å². The van der Waals surface area contributed by atoms with Crippen molar-refractivity contribution < 1.29 is 9.18 Å². The molecule has 0 aliphatic carbocycles. The Hall–Kier alpha value is -0.850. The van der Waals surface area contributed by atoms with Crippen molar-refractivity contribution in [1.82, 2.24) is 10.6 Å². The van der Waals surface area contributed by atoms with Crippen LogP contribution < -0.4 is 10.6 Å². The predicted octanol–water partition coefficient (Wildman–Crippen LogP) is 2.37. The first-order chi connectivity index (χ1) is 7.65. The molecule has 1 aromatic rings. The normalized spacial score (nSPS) is 9.94. The van der Waals surface area contributed by atoms with E-state index in [2.05, 4.69) is 33.2 Å². The minimum absolute atomic E-state index is 0.0523. The molecular formula is C11H14FIN2O. The number of hydrogen-bond donors (Lipinski definition) is 2. The van der Waals surface area contributed by atoms with Gasteiger partial charge in [-0.15, -0.1) is 0 Å². The first kappa shape index (κ1) is 13.2. The summed E-state index contributed by atoms with van der Waals surface area (Å²) >= 11 is 2.25. The number of halogens is 2. The highest BCUT2D eigenvalue weighted by atomic mass is 127. The van der Waals surface area contributed by atoms with Crippen molar-refractivity contribution in [3.05, 3.63) is 32.9 Å². The molecule has 0 unspecified atom stereocenters. The predicted molar refractivity (Wildman–Crippen MR) is 70.1 cm³/mol. The minimum Gasteiger partial charge on any atom is -0.336 e. The second kappa shape index (κ2) is 6.67. The molecule has 0 fully saturated rings. The summed E-state index contributed by atoms with van der Waals surface area (Å²) in [6.07, 6.45) is 0. The van der Waals surface area contributed by atoms with E-state index in [9.17, 15) is 9.18 Å². The highest BCUT2D eigenvalue weighted by Crippen LogP contribution is 2.16. The van der Waals surface area contributed by atoms with Crippen molar-refractivity contribution >= 4 is 28.6 Å². The Labute approximate surface area is 108 Å². The molecule has 16 heavy (non-hydrogen) atoms. The Balaban J connectivity index is 2.48. The standard InChI is InChI=1S/C11H14FIN2O/c1-8-3-2-4-9(10(8)13)7-15-11(16)14-6-5-12/h2-4H,5-7H2,1H3,(H2,14,15,16). The van der Waals surface area contributed by atoms with Gasteiger partial charge in [-0.25, -0.2) is 9.18 Å². The van der Waals surface area contributed by atoms with E-state index in [1.165, 1.54) is 5.56 Å². The molecule has 0 aliphatic heterocycles. The maximum atomic E-state index is 11.8. The molecule has 3 nitrogen and oxygen atoms in total. The summed E-state index contributed by atoms with van der Waals surface area (Å²) in [7, 11) is 0. The monoisotopic (exact) mass is 336 g/mol. The molecule has 2 amide bonds. The van der Waals surface area contributed by atoms with Crippen molar-refractivity contribution in [3.63, 3.8) is 0 Å². The van der Waals surface area contributed by atoms with Crippen LogP contribution in [0.4, 0.5) is 9.18 Å². The van der Waals surface area contributed by atoms with Crippen molar-refractivity contribution in [2.24, 2.45) is 0 Å². The van der Waals surface area contributed by atoms with Crippen molar-refractivity contribution in [2.45, 2.75) is 13.5 Å². The van der Waals surface area contributed by atoms with Gasteiger partial charge in [0.1, 0.15) is 6.67 Å². The Morgan fingerprint density at radius 3 is 2.88 bits per heavy atom. The molecular weight excluding hydrogens is 322 g/mol. The highest BCUT2D eigenvalue weighted by Gasteiger charge is 2.04. The fourth-order valence-electron chi connectivity index (χ4n) is 1.24. The maximum Gasteiger partial charge on any atom is 0.315 e. The van der Waals surface area contributed by atoms with Crippen LogP contribution >= 0.6 is 22.6 Å². The Morgan fingerprint density at radius 2 is 2.19 bits per heavy atom. The van der Waals surface area contributed by atoms with E-state index in [1.54, 1.807) is 0 Å². The average Bonchev–Trinajstić information content (AvgIpc) is 2.28. The first-order valence-electron chi connectivity index (χ1n) is 4.97. The molecule has 1 aromatic carbocycles. The van der Waals surface area contributed by atoms with E-state index in [0.717, 1.165) is 9.13 Å². The molecule has 0 radical (unpaired) electrons. The smallest absolute Gasteiger partial charge is 0.315 e. The van der Waals surface area contributed by atoms with Crippen LogP contribution in [0.5, 0.6) is 0 Å². The molecule has 0 saturated carbocycles. The van der Waals surface area contributed by atoms with Crippen LogP contribution in [0, 0.1) is 10.5 Å².